The van der Waals surface area contributed by atoms with Crippen LogP contribution in [0.25, 0.3) is 0 Å². The molecular weight excluding hydrogens is 336 g/mol. The summed E-state index contributed by atoms with van der Waals surface area (Å²) in [4.78, 5) is 0.0797. The van der Waals surface area contributed by atoms with Crippen LogP contribution in [0.2, 0.25) is 0 Å². The largest absolute Gasteiger partial charge is 0.268 e. The van der Waals surface area contributed by atoms with Crippen molar-refractivity contribution in [2.75, 3.05) is 0 Å². The lowest BCUT2D eigenvalue weighted by Crippen LogP contribution is -2.24. The molecule has 0 spiro atoms. The summed E-state index contributed by atoms with van der Waals surface area (Å²) in [6.07, 6.45) is 3.56. The van der Waals surface area contributed by atoms with Crippen LogP contribution in [-0.4, -0.2) is 18.2 Å². The van der Waals surface area contributed by atoms with E-state index in [4.69, 9.17) is 5.26 Å². The summed E-state index contributed by atoms with van der Waals surface area (Å²) in [5, 5.41) is 13.1. The second-order valence-electron chi connectivity index (χ2n) is 5.44. The lowest BCUT2D eigenvalue weighted by atomic mass is 10.1. The van der Waals surface area contributed by atoms with Crippen molar-refractivity contribution in [2.24, 2.45) is 0 Å². The highest BCUT2D eigenvalue weighted by molar-refractivity contribution is 7.89. The van der Waals surface area contributed by atoms with Crippen molar-refractivity contribution < 1.29 is 8.42 Å². The van der Waals surface area contributed by atoms with Crippen LogP contribution in [0.5, 0.6) is 0 Å². The molecule has 126 valence electrons. The van der Waals surface area contributed by atoms with E-state index in [1.165, 1.54) is 12.1 Å². The van der Waals surface area contributed by atoms with Gasteiger partial charge in [0.1, 0.15) is 0 Å². The second-order valence-corrected chi connectivity index (χ2v) is 7.20. The highest BCUT2D eigenvalue weighted by Crippen LogP contribution is 2.14. The highest BCUT2D eigenvalue weighted by Gasteiger charge is 2.15. The molecule has 0 radical (unpaired) electrons. The molecule has 0 aliphatic heterocycles. The third-order valence-electron chi connectivity index (χ3n) is 3.74. The van der Waals surface area contributed by atoms with Gasteiger partial charge in [-0.25, -0.2) is 13.1 Å². The molecule has 0 bridgehead atoms. The quantitative estimate of drug-likeness (QED) is 0.737. The zero-order chi connectivity index (χ0) is 17.7. The monoisotopic (exact) mass is 352 g/mol. The predicted octanol–water partition coefficient (Wildman–Crippen LogP) is 2.28. The van der Waals surface area contributed by atoms with E-state index >= 15 is 0 Å². The number of hydrogen-bond acceptors (Lipinski definition) is 4. The average Bonchev–Trinajstić information content (AvgIpc) is 3.14. The SMILES string of the molecule is N#Cc1cccc(S(=O)(=O)NCc2ccccc2Cn2cccn2)c1. The minimum atomic E-state index is -3.69. The van der Waals surface area contributed by atoms with E-state index in [2.05, 4.69) is 9.82 Å². The van der Waals surface area contributed by atoms with E-state index < -0.39 is 10.0 Å². The van der Waals surface area contributed by atoms with Crippen LogP contribution in [-0.2, 0) is 23.1 Å². The molecule has 1 heterocycles. The van der Waals surface area contributed by atoms with Gasteiger partial charge in [0.15, 0.2) is 0 Å². The number of aromatic nitrogens is 2. The highest BCUT2D eigenvalue weighted by atomic mass is 32.2. The van der Waals surface area contributed by atoms with Crippen molar-refractivity contribution >= 4 is 10.0 Å². The summed E-state index contributed by atoms with van der Waals surface area (Å²) >= 11 is 0. The molecule has 2 aromatic carbocycles. The first-order valence-electron chi connectivity index (χ1n) is 7.62. The van der Waals surface area contributed by atoms with Crippen molar-refractivity contribution in [1.29, 1.82) is 5.26 Å². The molecule has 3 rings (SSSR count). The Kier molecular flexibility index (Phi) is 4.93. The van der Waals surface area contributed by atoms with Gasteiger partial charge in [-0.05, 0) is 35.4 Å². The van der Waals surface area contributed by atoms with E-state index in [9.17, 15) is 8.42 Å². The number of sulfonamides is 1. The van der Waals surface area contributed by atoms with Gasteiger partial charge in [0, 0.05) is 18.9 Å². The number of nitrogens with one attached hydrogen (secondary N) is 1. The molecule has 7 heteroatoms. The Morgan fingerprint density at radius 3 is 2.60 bits per heavy atom. The first-order valence-corrected chi connectivity index (χ1v) is 9.11. The molecule has 0 aliphatic carbocycles. The number of nitriles is 1. The predicted molar refractivity (Wildman–Crippen MR) is 93.0 cm³/mol. The Morgan fingerprint density at radius 2 is 1.88 bits per heavy atom. The number of nitrogens with zero attached hydrogens (tertiary/aromatic N) is 3. The maximum Gasteiger partial charge on any atom is 0.240 e. The van der Waals surface area contributed by atoms with Crippen molar-refractivity contribution in [3.05, 3.63) is 83.7 Å². The van der Waals surface area contributed by atoms with Gasteiger partial charge in [0.25, 0.3) is 0 Å². The summed E-state index contributed by atoms with van der Waals surface area (Å²) in [7, 11) is -3.69. The molecular formula is C18H16N4O2S. The van der Waals surface area contributed by atoms with Crippen LogP contribution < -0.4 is 4.72 Å². The van der Waals surface area contributed by atoms with E-state index in [-0.39, 0.29) is 11.4 Å². The Labute approximate surface area is 146 Å². The standard InChI is InChI=1S/C18H16N4O2S/c19-12-15-5-3-8-18(11-15)25(23,24)21-13-16-6-1-2-7-17(16)14-22-10-4-9-20-22/h1-11,21H,13-14H2. The molecule has 25 heavy (non-hydrogen) atoms. The molecule has 0 atom stereocenters. The van der Waals surface area contributed by atoms with Gasteiger partial charge in [0.2, 0.25) is 10.0 Å². The van der Waals surface area contributed by atoms with Crippen LogP contribution >= 0.6 is 0 Å². The summed E-state index contributed by atoms with van der Waals surface area (Å²) in [6, 6.07) is 17.3. The molecule has 0 unspecified atom stereocenters. The summed E-state index contributed by atoms with van der Waals surface area (Å²) < 4.78 is 29.3. The molecule has 6 nitrogen and oxygen atoms in total. The van der Waals surface area contributed by atoms with Crippen LogP contribution in [0.1, 0.15) is 16.7 Å². The van der Waals surface area contributed by atoms with Crippen LogP contribution in [0.3, 0.4) is 0 Å². The number of rotatable bonds is 6. The van der Waals surface area contributed by atoms with Crippen molar-refractivity contribution in [3.63, 3.8) is 0 Å². The molecule has 0 fully saturated rings. The molecule has 0 saturated carbocycles. The van der Waals surface area contributed by atoms with Gasteiger partial charge < -0.3 is 0 Å². The molecule has 0 aliphatic rings. The van der Waals surface area contributed by atoms with Crippen molar-refractivity contribution in [3.8, 4) is 6.07 Å². The summed E-state index contributed by atoms with van der Waals surface area (Å²) in [5.41, 5.74) is 2.17. The fraction of sp³-hybridized carbons (Fsp3) is 0.111. The fourth-order valence-electron chi connectivity index (χ4n) is 2.44. The van der Waals surface area contributed by atoms with Crippen molar-refractivity contribution in [2.45, 2.75) is 18.0 Å². The zero-order valence-electron chi connectivity index (χ0n) is 13.3. The Balaban J connectivity index is 1.78. The maximum atomic E-state index is 12.5. The van der Waals surface area contributed by atoms with E-state index in [1.807, 2.05) is 42.6 Å². The average molecular weight is 352 g/mol. The van der Waals surface area contributed by atoms with Gasteiger partial charge in [-0.3, -0.25) is 4.68 Å². The lowest BCUT2D eigenvalue weighted by molar-refractivity contribution is 0.580. The van der Waals surface area contributed by atoms with Gasteiger partial charge in [-0.15, -0.1) is 0 Å². The Bertz CT molecular complexity index is 1010. The number of hydrogen-bond donors (Lipinski definition) is 1. The lowest BCUT2D eigenvalue weighted by Gasteiger charge is -2.11. The summed E-state index contributed by atoms with van der Waals surface area (Å²) in [6.45, 7) is 0.728. The minimum Gasteiger partial charge on any atom is -0.268 e. The zero-order valence-corrected chi connectivity index (χ0v) is 14.1. The van der Waals surface area contributed by atoms with Gasteiger partial charge in [-0.1, -0.05) is 30.3 Å². The van der Waals surface area contributed by atoms with E-state index in [1.54, 1.807) is 23.0 Å². The topological polar surface area (TPSA) is 87.8 Å². The van der Waals surface area contributed by atoms with E-state index in [0.29, 0.717) is 12.1 Å². The molecule has 0 saturated heterocycles. The first kappa shape index (κ1) is 16.9. The number of benzene rings is 2. The molecule has 3 aromatic rings. The second kappa shape index (κ2) is 7.30. The minimum absolute atomic E-state index is 0.0797. The van der Waals surface area contributed by atoms with Crippen molar-refractivity contribution in [1.82, 2.24) is 14.5 Å². The summed E-state index contributed by atoms with van der Waals surface area (Å²) in [5.74, 6) is 0. The molecule has 1 N–H and O–H groups in total. The van der Waals surface area contributed by atoms with Gasteiger partial charge in [-0.2, -0.15) is 10.4 Å². The third-order valence-corrected chi connectivity index (χ3v) is 5.13. The smallest absolute Gasteiger partial charge is 0.240 e. The van der Waals surface area contributed by atoms with Gasteiger partial charge in [0.05, 0.1) is 23.1 Å². The van der Waals surface area contributed by atoms with Crippen LogP contribution in [0.15, 0.2) is 71.9 Å². The Hall–Kier alpha value is -2.95. The van der Waals surface area contributed by atoms with E-state index in [0.717, 1.165) is 11.1 Å². The maximum absolute atomic E-state index is 12.5. The Morgan fingerprint density at radius 1 is 1.08 bits per heavy atom. The van der Waals surface area contributed by atoms with Crippen LogP contribution in [0, 0.1) is 11.3 Å². The third kappa shape index (κ3) is 4.12. The van der Waals surface area contributed by atoms with Crippen LogP contribution in [0.4, 0.5) is 0 Å². The molecule has 0 amide bonds. The molecule has 1 aromatic heterocycles. The first-order chi connectivity index (χ1) is 12.1. The fourth-order valence-corrected chi connectivity index (χ4v) is 3.49. The normalized spacial score (nSPS) is 11.2. The van der Waals surface area contributed by atoms with Gasteiger partial charge >= 0.3 is 0 Å².